The summed E-state index contributed by atoms with van der Waals surface area (Å²) in [6.07, 6.45) is 2.31. The quantitative estimate of drug-likeness (QED) is 0.823. The molecule has 1 aromatic rings. The molecule has 2 rings (SSSR count). The molecular weight excluding hydrogens is 333 g/mol. The molecule has 1 aromatic heterocycles. The highest BCUT2D eigenvalue weighted by Crippen LogP contribution is 2.42. The van der Waals surface area contributed by atoms with Gasteiger partial charge in [-0.1, -0.05) is 0 Å². The fourth-order valence-corrected chi connectivity index (χ4v) is 2.20. The van der Waals surface area contributed by atoms with Gasteiger partial charge in [0, 0.05) is 14.2 Å². The van der Waals surface area contributed by atoms with Gasteiger partial charge in [-0.3, -0.25) is 0 Å². The lowest BCUT2D eigenvalue weighted by molar-refractivity contribution is 0.0765. The molecule has 1 aliphatic rings. The van der Waals surface area contributed by atoms with Crippen molar-refractivity contribution in [3.63, 3.8) is 0 Å². The minimum atomic E-state index is -0.0371. The van der Waals surface area contributed by atoms with Gasteiger partial charge in [-0.05, 0) is 41.4 Å². The second-order valence-corrected chi connectivity index (χ2v) is 5.23. The molecule has 6 heteroatoms. The number of anilines is 1. The first-order valence-corrected chi connectivity index (χ1v) is 6.58. The summed E-state index contributed by atoms with van der Waals surface area (Å²) in [5.74, 6) is 1.72. The largest absolute Gasteiger partial charge is 0.383 e. The molecule has 1 heterocycles. The maximum absolute atomic E-state index is 5.90. The Balaban J connectivity index is 2.33. The molecule has 0 spiro atoms. The summed E-state index contributed by atoms with van der Waals surface area (Å²) in [6, 6.07) is 0. The Kier molecular flexibility index (Phi) is 4.16. The monoisotopic (exact) mass is 349 g/mol. The van der Waals surface area contributed by atoms with Crippen LogP contribution in [0.2, 0.25) is 0 Å². The lowest BCUT2D eigenvalue weighted by Gasteiger charge is -2.15. The Hall–Kier alpha value is -0.470. The summed E-state index contributed by atoms with van der Waals surface area (Å²) in [5, 5.41) is 0. The smallest absolute Gasteiger partial charge is 0.160 e. The maximum Gasteiger partial charge on any atom is 0.160 e. The zero-order valence-electron chi connectivity index (χ0n) is 9.94. The van der Waals surface area contributed by atoms with Gasteiger partial charge in [0.1, 0.15) is 11.9 Å². The predicted octanol–water partition coefficient (Wildman–Crippen LogP) is 1.91. The number of nitrogens with zero attached hydrogens (tertiary/aromatic N) is 2. The van der Waals surface area contributed by atoms with Crippen LogP contribution >= 0.6 is 22.6 Å². The van der Waals surface area contributed by atoms with E-state index in [1.54, 1.807) is 14.2 Å². The van der Waals surface area contributed by atoms with Crippen molar-refractivity contribution >= 4 is 28.4 Å². The van der Waals surface area contributed by atoms with Crippen molar-refractivity contribution < 1.29 is 9.47 Å². The molecule has 0 saturated heterocycles. The van der Waals surface area contributed by atoms with E-state index in [4.69, 9.17) is 15.2 Å². The van der Waals surface area contributed by atoms with E-state index in [9.17, 15) is 0 Å². The van der Waals surface area contributed by atoms with E-state index < -0.39 is 0 Å². The highest BCUT2D eigenvalue weighted by atomic mass is 127. The number of nitrogens with two attached hydrogens (primary N) is 1. The van der Waals surface area contributed by atoms with Crippen LogP contribution in [0.15, 0.2) is 0 Å². The zero-order chi connectivity index (χ0) is 12.4. The third-order valence-electron chi connectivity index (χ3n) is 2.80. The molecular formula is C11H16IN3O2. The van der Waals surface area contributed by atoms with Crippen LogP contribution in [-0.2, 0) is 16.1 Å². The van der Waals surface area contributed by atoms with Crippen molar-refractivity contribution in [3.8, 4) is 0 Å². The zero-order valence-corrected chi connectivity index (χ0v) is 12.1. The normalized spacial score (nSPS) is 17.1. The first-order chi connectivity index (χ1) is 8.17. The number of halogens is 1. The summed E-state index contributed by atoms with van der Waals surface area (Å²) in [6.45, 7) is 0.444. The Morgan fingerprint density at radius 3 is 2.65 bits per heavy atom. The van der Waals surface area contributed by atoms with Crippen molar-refractivity contribution in [1.82, 2.24) is 9.97 Å². The highest BCUT2D eigenvalue weighted by molar-refractivity contribution is 14.1. The van der Waals surface area contributed by atoms with Crippen LogP contribution in [-0.4, -0.2) is 24.2 Å². The molecule has 1 unspecified atom stereocenters. The van der Waals surface area contributed by atoms with Crippen LogP contribution in [0.3, 0.4) is 0 Å². The van der Waals surface area contributed by atoms with Gasteiger partial charge in [0.25, 0.3) is 0 Å². The van der Waals surface area contributed by atoms with E-state index >= 15 is 0 Å². The Morgan fingerprint density at radius 1 is 1.41 bits per heavy atom. The molecule has 0 amide bonds. The van der Waals surface area contributed by atoms with Crippen molar-refractivity contribution in [2.24, 2.45) is 5.92 Å². The summed E-state index contributed by atoms with van der Waals surface area (Å²) >= 11 is 2.14. The average molecular weight is 349 g/mol. The summed E-state index contributed by atoms with van der Waals surface area (Å²) in [5.41, 5.74) is 6.73. The SMILES string of the molecule is COCc1nc(C(OC)C2CC2)nc(N)c1I. The Labute approximate surface area is 114 Å². The number of aromatic nitrogens is 2. The lowest BCUT2D eigenvalue weighted by Crippen LogP contribution is -2.14. The first kappa shape index (κ1) is 13.0. The van der Waals surface area contributed by atoms with Crippen LogP contribution < -0.4 is 5.73 Å². The molecule has 17 heavy (non-hydrogen) atoms. The molecule has 1 saturated carbocycles. The molecule has 2 N–H and O–H groups in total. The van der Waals surface area contributed by atoms with Crippen LogP contribution in [0.5, 0.6) is 0 Å². The first-order valence-electron chi connectivity index (χ1n) is 5.51. The number of ether oxygens (including phenoxy) is 2. The van der Waals surface area contributed by atoms with Crippen molar-refractivity contribution in [2.75, 3.05) is 20.0 Å². The van der Waals surface area contributed by atoms with Crippen molar-refractivity contribution in [3.05, 3.63) is 15.1 Å². The van der Waals surface area contributed by atoms with Gasteiger partial charge in [0.15, 0.2) is 5.82 Å². The van der Waals surface area contributed by atoms with E-state index in [2.05, 4.69) is 32.6 Å². The summed E-state index contributed by atoms with van der Waals surface area (Å²) in [4.78, 5) is 8.83. The minimum absolute atomic E-state index is 0.0371. The molecule has 1 fully saturated rings. The van der Waals surface area contributed by atoms with Crippen molar-refractivity contribution in [2.45, 2.75) is 25.6 Å². The molecule has 94 valence electrons. The molecule has 0 bridgehead atoms. The third kappa shape index (κ3) is 2.86. The molecule has 1 atom stereocenters. The van der Waals surface area contributed by atoms with Gasteiger partial charge >= 0.3 is 0 Å². The summed E-state index contributed by atoms with van der Waals surface area (Å²) < 4.78 is 11.4. The standard InChI is InChI=1S/C11H16IN3O2/c1-16-5-7-8(12)10(13)15-11(14-7)9(17-2)6-3-4-6/h6,9H,3-5H2,1-2H3,(H2,13,14,15). The highest BCUT2D eigenvalue weighted by Gasteiger charge is 2.35. The molecule has 5 nitrogen and oxygen atoms in total. The number of hydrogen-bond acceptors (Lipinski definition) is 5. The molecule has 0 radical (unpaired) electrons. The van der Waals surface area contributed by atoms with Gasteiger partial charge in [0.2, 0.25) is 0 Å². The van der Waals surface area contributed by atoms with Crippen LogP contribution in [0, 0.1) is 9.49 Å². The fraction of sp³-hybridized carbons (Fsp3) is 0.636. The minimum Gasteiger partial charge on any atom is -0.383 e. The van der Waals surface area contributed by atoms with Crippen LogP contribution in [0.4, 0.5) is 5.82 Å². The van der Waals surface area contributed by atoms with Crippen LogP contribution in [0.1, 0.15) is 30.5 Å². The summed E-state index contributed by atoms with van der Waals surface area (Å²) in [7, 11) is 3.33. The second kappa shape index (κ2) is 5.45. The number of methoxy groups -OCH3 is 2. The lowest BCUT2D eigenvalue weighted by atomic mass is 10.2. The van der Waals surface area contributed by atoms with Crippen LogP contribution in [0.25, 0.3) is 0 Å². The number of rotatable bonds is 5. The van der Waals surface area contributed by atoms with Gasteiger partial charge < -0.3 is 15.2 Å². The van der Waals surface area contributed by atoms with Crippen molar-refractivity contribution in [1.29, 1.82) is 0 Å². The van der Waals surface area contributed by atoms with E-state index in [0.29, 0.717) is 24.2 Å². The van der Waals surface area contributed by atoms with E-state index in [-0.39, 0.29) is 6.10 Å². The molecule has 1 aliphatic carbocycles. The molecule has 0 aromatic carbocycles. The van der Waals surface area contributed by atoms with E-state index in [0.717, 1.165) is 9.26 Å². The van der Waals surface area contributed by atoms with Gasteiger partial charge in [0.05, 0.1) is 15.9 Å². The molecule has 0 aliphatic heterocycles. The maximum atomic E-state index is 5.90. The topological polar surface area (TPSA) is 70.3 Å². The Bertz CT molecular complexity index is 410. The van der Waals surface area contributed by atoms with E-state index in [1.807, 2.05) is 0 Å². The average Bonchev–Trinajstić information content (AvgIpc) is 3.11. The van der Waals surface area contributed by atoms with Gasteiger partial charge in [-0.15, -0.1) is 0 Å². The number of nitrogen functional groups attached to an aromatic ring is 1. The predicted molar refractivity (Wildman–Crippen MR) is 72.3 cm³/mol. The van der Waals surface area contributed by atoms with Gasteiger partial charge in [-0.25, -0.2) is 9.97 Å². The Morgan fingerprint density at radius 2 is 2.12 bits per heavy atom. The fourth-order valence-electron chi connectivity index (χ4n) is 1.80. The third-order valence-corrected chi connectivity index (χ3v) is 3.98. The van der Waals surface area contributed by atoms with E-state index in [1.165, 1.54) is 12.8 Å². The number of hydrogen-bond donors (Lipinski definition) is 1. The second-order valence-electron chi connectivity index (χ2n) is 4.15. The van der Waals surface area contributed by atoms with Gasteiger partial charge in [-0.2, -0.15) is 0 Å².